The van der Waals surface area contributed by atoms with Gasteiger partial charge in [0.15, 0.2) is 0 Å². The molecule has 0 aromatic heterocycles. The van der Waals surface area contributed by atoms with Crippen LogP contribution in [0, 0.1) is 6.92 Å². The van der Waals surface area contributed by atoms with E-state index in [4.69, 9.17) is 11.6 Å². The molecule has 2 saturated heterocycles. The van der Waals surface area contributed by atoms with Crippen molar-refractivity contribution < 1.29 is 14.4 Å². The fourth-order valence-electron chi connectivity index (χ4n) is 5.62. The van der Waals surface area contributed by atoms with Crippen molar-refractivity contribution in [3.05, 3.63) is 101 Å². The molecule has 3 aromatic rings. The Morgan fingerprint density at radius 2 is 1.56 bits per heavy atom. The van der Waals surface area contributed by atoms with E-state index in [-0.39, 0.29) is 36.7 Å². The number of aryl methyl sites for hydroxylation is 1. The summed E-state index contributed by atoms with van der Waals surface area (Å²) in [5.41, 5.74) is 3.96. The average Bonchev–Trinajstić information content (AvgIpc) is 2.98. The van der Waals surface area contributed by atoms with Crippen LogP contribution in [-0.2, 0) is 14.4 Å². The summed E-state index contributed by atoms with van der Waals surface area (Å²) in [6, 6.07) is 25.6. The largest absolute Gasteiger partial charge is 0.353 e. The first-order chi connectivity index (χ1) is 19.9. The Hall–Kier alpha value is -3.72. The van der Waals surface area contributed by atoms with Crippen molar-refractivity contribution in [2.24, 2.45) is 0 Å². The zero-order valence-electron chi connectivity index (χ0n) is 23.3. The minimum atomic E-state index is -0.848. The number of nitrogens with one attached hydrogen (secondary N) is 2. The highest BCUT2D eigenvalue weighted by molar-refractivity contribution is 6.31. The first-order valence-corrected chi connectivity index (χ1v) is 14.5. The molecule has 2 aliphatic heterocycles. The van der Waals surface area contributed by atoms with E-state index in [1.54, 1.807) is 17.0 Å². The number of piperazine rings is 2. The summed E-state index contributed by atoms with van der Waals surface area (Å²) in [6.45, 7) is 5.95. The van der Waals surface area contributed by atoms with Crippen LogP contribution in [0.1, 0.15) is 29.2 Å². The SMILES string of the molecule is Cc1ccc(NC(=O)CC2C(=O)NCCN2C(=O)CN2CCN(C(c3ccccc3)c3ccccc3)CC2)cc1Cl. The van der Waals surface area contributed by atoms with Crippen molar-refractivity contribution in [1.29, 1.82) is 0 Å². The zero-order valence-corrected chi connectivity index (χ0v) is 24.0. The minimum Gasteiger partial charge on any atom is -0.353 e. The number of rotatable bonds is 8. The highest BCUT2D eigenvalue weighted by atomic mass is 35.5. The molecule has 2 aliphatic rings. The number of benzene rings is 3. The van der Waals surface area contributed by atoms with Gasteiger partial charge in [-0.25, -0.2) is 0 Å². The van der Waals surface area contributed by atoms with Crippen molar-refractivity contribution in [3.8, 4) is 0 Å². The molecule has 2 heterocycles. The lowest BCUT2D eigenvalue weighted by atomic mass is 9.96. The Morgan fingerprint density at radius 1 is 0.927 bits per heavy atom. The van der Waals surface area contributed by atoms with Crippen molar-refractivity contribution in [1.82, 2.24) is 20.0 Å². The van der Waals surface area contributed by atoms with Gasteiger partial charge in [0, 0.05) is 50.0 Å². The van der Waals surface area contributed by atoms with E-state index in [9.17, 15) is 14.4 Å². The van der Waals surface area contributed by atoms with Crippen LogP contribution in [0.5, 0.6) is 0 Å². The van der Waals surface area contributed by atoms with Gasteiger partial charge in [-0.2, -0.15) is 0 Å². The molecule has 0 aliphatic carbocycles. The Bertz CT molecular complexity index is 1320. The van der Waals surface area contributed by atoms with Gasteiger partial charge in [0.25, 0.3) is 0 Å². The van der Waals surface area contributed by atoms with Crippen molar-refractivity contribution >= 4 is 35.0 Å². The van der Waals surface area contributed by atoms with E-state index in [0.29, 0.717) is 23.8 Å². The van der Waals surface area contributed by atoms with Gasteiger partial charge < -0.3 is 15.5 Å². The summed E-state index contributed by atoms with van der Waals surface area (Å²) in [4.78, 5) is 45.2. The number of halogens is 1. The Labute approximate surface area is 246 Å². The van der Waals surface area contributed by atoms with Crippen molar-refractivity contribution in [2.75, 3.05) is 51.1 Å². The molecule has 9 heteroatoms. The van der Waals surface area contributed by atoms with Gasteiger partial charge in [-0.15, -0.1) is 0 Å². The van der Waals surface area contributed by atoms with Crippen molar-refractivity contribution in [2.45, 2.75) is 25.4 Å². The van der Waals surface area contributed by atoms with E-state index in [0.717, 1.165) is 31.7 Å². The predicted octanol–water partition coefficient (Wildman–Crippen LogP) is 3.71. The lowest BCUT2D eigenvalue weighted by Crippen LogP contribution is -2.60. The number of amides is 3. The topological polar surface area (TPSA) is 85.0 Å². The number of hydrogen-bond acceptors (Lipinski definition) is 5. The number of carbonyl (C=O) groups is 3. The molecular formula is C32H36ClN5O3. The van der Waals surface area contributed by atoms with E-state index in [1.165, 1.54) is 11.1 Å². The monoisotopic (exact) mass is 573 g/mol. The summed E-state index contributed by atoms with van der Waals surface area (Å²) >= 11 is 6.18. The van der Waals surface area contributed by atoms with Gasteiger partial charge in [-0.05, 0) is 35.7 Å². The lowest BCUT2D eigenvalue weighted by Gasteiger charge is -2.41. The summed E-state index contributed by atoms with van der Waals surface area (Å²) in [5, 5.41) is 6.16. The molecule has 214 valence electrons. The number of carbonyl (C=O) groups excluding carboxylic acids is 3. The molecule has 5 rings (SSSR count). The summed E-state index contributed by atoms with van der Waals surface area (Å²) in [5.74, 6) is -0.779. The van der Waals surface area contributed by atoms with E-state index < -0.39 is 6.04 Å². The molecule has 1 atom stereocenters. The van der Waals surface area contributed by atoms with Crippen LogP contribution in [0.4, 0.5) is 5.69 Å². The molecule has 0 saturated carbocycles. The first-order valence-electron chi connectivity index (χ1n) is 14.1. The molecule has 41 heavy (non-hydrogen) atoms. The van der Waals surface area contributed by atoms with Gasteiger partial charge in [0.05, 0.1) is 19.0 Å². The van der Waals surface area contributed by atoms with E-state index in [2.05, 4.69) is 69.0 Å². The standard InChI is InChI=1S/C32H36ClN5O3/c1-23-12-13-26(20-27(23)33)35-29(39)21-28-32(41)34-14-15-38(28)30(40)22-36-16-18-37(19-17-36)31(24-8-4-2-5-9-24)25-10-6-3-7-11-25/h2-13,20,28,31H,14-19,21-22H2,1H3,(H,34,41)(H,35,39). The van der Waals surface area contributed by atoms with Crippen LogP contribution in [0.3, 0.4) is 0 Å². The summed E-state index contributed by atoms with van der Waals surface area (Å²) in [6.07, 6.45) is -0.118. The maximum atomic E-state index is 13.4. The van der Waals surface area contributed by atoms with Crippen LogP contribution in [0.15, 0.2) is 78.9 Å². The maximum absolute atomic E-state index is 13.4. The van der Waals surface area contributed by atoms with Crippen molar-refractivity contribution in [3.63, 3.8) is 0 Å². The third kappa shape index (κ3) is 7.14. The maximum Gasteiger partial charge on any atom is 0.243 e. The van der Waals surface area contributed by atoms with Crippen LogP contribution in [0.2, 0.25) is 5.02 Å². The molecule has 0 bridgehead atoms. The third-order valence-corrected chi connectivity index (χ3v) is 8.25. The number of hydrogen-bond donors (Lipinski definition) is 2. The summed E-state index contributed by atoms with van der Waals surface area (Å²) < 4.78 is 0. The highest BCUT2D eigenvalue weighted by Gasteiger charge is 2.36. The predicted molar refractivity (Wildman–Crippen MR) is 161 cm³/mol. The van der Waals surface area contributed by atoms with E-state index >= 15 is 0 Å². The van der Waals surface area contributed by atoms with Gasteiger partial charge in [-0.3, -0.25) is 24.2 Å². The number of anilines is 1. The van der Waals surface area contributed by atoms with Crippen LogP contribution in [0.25, 0.3) is 0 Å². The van der Waals surface area contributed by atoms with Gasteiger partial charge >= 0.3 is 0 Å². The van der Waals surface area contributed by atoms with Gasteiger partial charge in [0.1, 0.15) is 6.04 Å². The molecule has 0 radical (unpaired) electrons. The van der Waals surface area contributed by atoms with Crippen LogP contribution in [-0.4, -0.2) is 84.3 Å². The fourth-order valence-corrected chi connectivity index (χ4v) is 5.80. The zero-order chi connectivity index (χ0) is 28.8. The Morgan fingerprint density at radius 3 is 2.17 bits per heavy atom. The molecule has 3 amide bonds. The molecule has 8 nitrogen and oxygen atoms in total. The molecule has 3 aromatic carbocycles. The van der Waals surface area contributed by atoms with Gasteiger partial charge in [-0.1, -0.05) is 78.3 Å². The summed E-state index contributed by atoms with van der Waals surface area (Å²) in [7, 11) is 0. The number of nitrogens with zero attached hydrogens (tertiary/aromatic N) is 3. The third-order valence-electron chi connectivity index (χ3n) is 7.85. The smallest absolute Gasteiger partial charge is 0.243 e. The molecular weight excluding hydrogens is 538 g/mol. The second kappa shape index (κ2) is 13.3. The molecule has 2 fully saturated rings. The Kier molecular flexibility index (Phi) is 9.34. The highest BCUT2D eigenvalue weighted by Crippen LogP contribution is 2.29. The lowest BCUT2D eigenvalue weighted by molar-refractivity contribution is -0.145. The minimum absolute atomic E-state index is 0.118. The fraction of sp³-hybridized carbons (Fsp3) is 0.344. The van der Waals surface area contributed by atoms with Gasteiger partial charge in [0.2, 0.25) is 17.7 Å². The quantitative estimate of drug-likeness (QED) is 0.429. The van der Waals surface area contributed by atoms with Crippen LogP contribution < -0.4 is 10.6 Å². The average molecular weight is 574 g/mol. The van der Waals surface area contributed by atoms with E-state index in [1.807, 2.05) is 25.1 Å². The van der Waals surface area contributed by atoms with Crippen LogP contribution >= 0.6 is 11.6 Å². The first kappa shape index (κ1) is 28.8. The second-order valence-corrected chi connectivity index (χ2v) is 11.1. The molecule has 2 N–H and O–H groups in total. The Balaban J connectivity index is 1.19. The second-order valence-electron chi connectivity index (χ2n) is 10.6. The molecule has 1 unspecified atom stereocenters. The molecule has 0 spiro atoms. The normalized spacial score (nSPS) is 18.3.